The Balaban J connectivity index is 2.17. The minimum absolute atomic E-state index is 0.0663. The molecule has 1 atom stereocenters. The SMILES string of the molecule is CCn1cccc1C(=O)N1CCC(CC)(C(=O)O)C1. The molecule has 1 saturated heterocycles. The van der Waals surface area contributed by atoms with E-state index < -0.39 is 11.4 Å². The zero-order valence-corrected chi connectivity index (χ0v) is 11.4. The molecule has 5 heteroatoms. The van der Waals surface area contributed by atoms with Crippen molar-refractivity contribution in [3.05, 3.63) is 24.0 Å². The van der Waals surface area contributed by atoms with Gasteiger partial charge < -0.3 is 14.6 Å². The number of rotatable bonds is 4. The number of hydrogen-bond acceptors (Lipinski definition) is 2. The number of nitrogens with zero attached hydrogens (tertiary/aromatic N) is 2. The fourth-order valence-corrected chi connectivity index (χ4v) is 2.71. The van der Waals surface area contributed by atoms with Crippen molar-refractivity contribution < 1.29 is 14.7 Å². The molecule has 1 aromatic rings. The molecule has 1 unspecified atom stereocenters. The molecule has 1 fully saturated rings. The standard InChI is InChI=1S/C14H20N2O3/c1-3-14(13(18)19)7-9-16(10-14)12(17)11-6-5-8-15(11)4-2/h5-6,8H,3-4,7,9-10H2,1-2H3,(H,18,19). The van der Waals surface area contributed by atoms with E-state index in [1.165, 1.54) is 0 Å². The Kier molecular flexibility index (Phi) is 3.64. The van der Waals surface area contributed by atoms with Crippen molar-refractivity contribution in [2.45, 2.75) is 33.2 Å². The number of carboxylic acid groups (broad SMARTS) is 1. The third-order valence-corrected chi connectivity index (χ3v) is 4.16. The van der Waals surface area contributed by atoms with E-state index in [1.807, 2.05) is 30.7 Å². The molecule has 1 aliphatic heterocycles. The molecule has 1 amide bonds. The summed E-state index contributed by atoms with van der Waals surface area (Å²) in [6.07, 6.45) is 2.96. The predicted octanol–water partition coefficient (Wildman–Crippen LogP) is 1.83. The first-order valence-electron chi connectivity index (χ1n) is 6.72. The minimum atomic E-state index is -0.795. The highest BCUT2D eigenvalue weighted by Crippen LogP contribution is 2.34. The maximum Gasteiger partial charge on any atom is 0.311 e. The Labute approximate surface area is 112 Å². The number of carboxylic acids is 1. The van der Waals surface area contributed by atoms with E-state index in [1.54, 1.807) is 11.0 Å². The average molecular weight is 264 g/mol. The molecule has 19 heavy (non-hydrogen) atoms. The number of aryl methyl sites for hydroxylation is 1. The van der Waals surface area contributed by atoms with E-state index >= 15 is 0 Å². The van der Waals surface area contributed by atoms with Crippen LogP contribution in [0.5, 0.6) is 0 Å². The normalized spacial score (nSPS) is 22.7. The van der Waals surface area contributed by atoms with Gasteiger partial charge in [0.15, 0.2) is 0 Å². The van der Waals surface area contributed by atoms with Crippen molar-refractivity contribution in [2.24, 2.45) is 5.41 Å². The van der Waals surface area contributed by atoms with Gasteiger partial charge in [-0.3, -0.25) is 9.59 Å². The molecule has 0 spiro atoms. The van der Waals surface area contributed by atoms with Gasteiger partial charge in [-0.25, -0.2) is 0 Å². The molecule has 0 aromatic carbocycles. The van der Waals surface area contributed by atoms with Gasteiger partial charge in [0.25, 0.3) is 5.91 Å². The van der Waals surface area contributed by atoms with Gasteiger partial charge in [0.05, 0.1) is 5.41 Å². The van der Waals surface area contributed by atoms with Crippen LogP contribution in [-0.4, -0.2) is 39.5 Å². The number of carbonyl (C=O) groups excluding carboxylic acids is 1. The summed E-state index contributed by atoms with van der Waals surface area (Å²) in [5, 5.41) is 9.35. The first-order chi connectivity index (χ1) is 9.04. The second-order valence-corrected chi connectivity index (χ2v) is 5.10. The molecule has 0 saturated carbocycles. The highest BCUT2D eigenvalue weighted by Gasteiger charge is 2.45. The van der Waals surface area contributed by atoms with Crippen molar-refractivity contribution in [3.8, 4) is 0 Å². The van der Waals surface area contributed by atoms with Crippen LogP contribution in [0, 0.1) is 5.41 Å². The first kappa shape index (κ1) is 13.6. The van der Waals surface area contributed by atoms with Gasteiger partial charge in [-0.15, -0.1) is 0 Å². The Morgan fingerprint density at radius 2 is 2.16 bits per heavy atom. The molecule has 1 aliphatic rings. The molecule has 0 aliphatic carbocycles. The van der Waals surface area contributed by atoms with Crippen LogP contribution in [-0.2, 0) is 11.3 Å². The molecular formula is C14H20N2O3. The Morgan fingerprint density at radius 3 is 2.68 bits per heavy atom. The monoisotopic (exact) mass is 264 g/mol. The summed E-state index contributed by atoms with van der Waals surface area (Å²) in [5.41, 5.74) is -0.126. The molecule has 5 nitrogen and oxygen atoms in total. The first-order valence-corrected chi connectivity index (χ1v) is 6.72. The number of amides is 1. The van der Waals surface area contributed by atoms with Gasteiger partial charge in [-0.1, -0.05) is 6.92 Å². The van der Waals surface area contributed by atoms with Crippen LogP contribution < -0.4 is 0 Å². The van der Waals surface area contributed by atoms with Gasteiger partial charge in [-0.05, 0) is 31.9 Å². The fraction of sp³-hybridized carbons (Fsp3) is 0.571. The lowest BCUT2D eigenvalue weighted by atomic mass is 9.84. The van der Waals surface area contributed by atoms with Crippen molar-refractivity contribution in [2.75, 3.05) is 13.1 Å². The second kappa shape index (κ2) is 5.07. The van der Waals surface area contributed by atoms with Crippen molar-refractivity contribution >= 4 is 11.9 Å². The van der Waals surface area contributed by atoms with E-state index in [2.05, 4.69) is 0 Å². The lowest BCUT2D eigenvalue weighted by Crippen LogP contribution is -2.37. The molecular weight excluding hydrogens is 244 g/mol. The van der Waals surface area contributed by atoms with Gasteiger partial charge >= 0.3 is 5.97 Å². The summed E-state index contributed by atoms with van der Waals surface area (Å²) in [6.45, 7) is 5.42. The van der Waals surface area contributed by atoms with Crippen LogP contribution in [0.4, 0.5) is 0 Å². The average Bonchev–Trinajstić information content (AvgIpc) is 3.05. The third kappa shape index (κ3) is 2.25. The van der Waals surface area contributed by atoms with Gasteiger partial charge in [0.1, 0.15) is 5.69 Å². The number of hydrogen-bond donors (Lipinski definition) is 1. The zero-order valence-electron chi connectivity index (χ0n) is 11.4. The Bertz CT molecular complexity index is 495. The number of likely N-dealkylation sites (tertiary alicyclic amines) is 1. The number of carbonyl (C=O) groups is 2. The van der Waals surface area contributed by atoms with Crippen LogP contribution in [0.15, 0.2) is 18.3 Å². The second-order valence-electron chi connectivity index (χ2n) is 5.10. The third-order valence-electron chi connectivity index (χ3n) is 4.16. The summed E-state index contributed by atoms with van der Waals surface area (Å²) in [7, 11) is 0. The van der Waals surface area contributed by atoms with Gasteiger partial charge in [-0.2, -0.15) is 0 Å². The van der Waals surface area contributed by atoms with Crippen LogP contribution in [0.3, 0.4) is 0 Å². The highest BCUT2D eigenvalue weighted by molar-refractivity contribution is 5.93. The van der Waals surface area contributed by atoms with Crippen LogP contribution >= 0.6 is 0 Å². The van der Waals surface area contributed by atoms with Crippen LogP contribution in [0.25, 0.3) is 0 Å². The minimum Gasteiger partial charge on any atom is -0.481 e. The molecule has 1 N–H and O–H groups in total. The maximum atomic E-state index is 12.4. The van der Waals surface area contributed by atoms with Crippen molar-refractivity contribution in [3.63, 3.8) is 0 Å². The summed E-state index contributed by atoms with van der Waals surface area (Å²) >= 11 is 0. The molecule has 1 aromatic heterocycles. The van der Waals surface area contributed by atoms with Gasteiger partial charge in [0.2, 0.25) is 0 Å². The fourth-order valence-electron chi connectivity index (χ4n) is 2.71. The lowest BCUT2D eigenvalue weighted by Gasteiger charge is -2.23. The topological polar surface area (TPSA) is 62.5 Å². The quantitative estimate of drug-likeness (QED) is 0.902. The summed E-state index contributed by atoms with van der Waals surface area (Å²) in [6, 6.07) is 3.63. The summed E-state index contributed by atoms with van der Waals surface area (Å²) in [4.78, 5) is 25.5. The van der Waals surface area contributed by atoms with E-state index in [0.29, 0.717) is 31.6 Å². The maximum absolute atomic E-state index is 12.4. The molecule has 0 bridgehead atoms. The van der Waals surface area contributed by atoms with Crippen molar-refractivity contribution in [1.82, 2.24) is 9.47 Å². The van der Waals surface area contributed by atoms with Crippen LogP contribution in [0.1, 0.15) is 37.2 Å². The largest absolute Gasteiger partial charge is 0.481 e. The lowest BCUT2D eigenvalue weighted by molar-refractivity contribution is -0.148. The van der Waals surface area contributed by atoms with E-state index in [0.717, 1.165) is 6.54 Å². The number of aromatic nitrogens is 1. The van der Waals surface area contributed by atoms with Crippen LogP contribution in [0.2, 0.25) is 0 Å². The van der Waals surface area contributed by atoms with Crippen molar-refractivity contribution in [1.29, 1.82) is 0 Å². The number of aliphatic carboxylic acids is 1. The zero-order chi connectivity index (χ0) is 14.0. The van der Waals surface area contributed by atoms with E-state index in [4.69, 9.17) is 0 Å². The Hall–Kier alpha value is -1.78. The molecule has 104 valence electrons. The van der Waals surface area contributed by atoms with Gasteiger partial charge in [0, 0.05) is 25.8 Å². The Morgan fingerprint density at radius 1 is 1.42 bits per heavy atom. The molecule has 0 radical (unpaired) electrons. The summed E-state index contributed by atoms with van der Waals surface area (Å²) < 4.78 is 1.88. The summed E-state index contributed by atoms with van der Waals surface area (Å²) in [5.74, 6) is -0.861. The van der Waals surface area contributed by atoms with E-state index in [-0.39, 0.29) is 5.91 Å². The van der Waals surface area contributed by atoms with E-state index in [9.17, 15) is 14.7 Å². The molecule has 2 rings (SSSR count). The predicted molar refractivity (Wildman–Crippen MR) is 71.0 cm³/mol. The smallest absolute Gasteiger partial charge is 0.311 e. The molecule has 2 heterocycles. The highest BCUT2D eigenvalue weighted by atomic mass is 16.4.